The van der Waals surface area contributed by atoms with Gasteiger partial charge in [0, 0.05) is 15.4 Å². The average Bonchev–Trinajstić information content (AvgIpc) is 2.53. The minimum absolute atomic E-state index is 0.668. The fourth-order valence-corrected chi connectivity index (χ4v) is 2.79. The van der Waals surface area contributed by atoms with Crippen LogP contribution in [0.25, 0.3) is 22.2 Å². The van der Waals surface area contributed by atoms with Crippen LogP contribution in [-0.4, -0.2) is 4.98 Å². The van der Waals surface area contributed by atoms with Gasteiger partial charge in [0.2, 0.25) is 0 Å². The molecule has 0 aliphatic rings. The van der Waals surface area contributed by atoms with Crippen LogP contribution in [0.15, 0.2) is 53.0 Å². The van der Waals surface area contributed by atoms with Crippen molar-refractivity contribution in [2.24, 2.45) is 0 Å². The molecule has 0 aliphatic heterocycles. The Balaban J connectivity index is 2.20. The molecule has 0 radical (unpaired) electrons. The van der Waals surface area contributed by atoms with Crippen molar-refractivity contribution in [2.45, 2.75) is 13.3 Å². The number of nitriles is 1. The highest BCUT2D eigenvalue weighted by Gasteiger charge is 2.08. The number of pyridine rings is 1. The highest BCUT2D eigenvalue weighted by molar-refractivity contribution is 9.10. The van der Waals surface area contributed by atoms with Crippen molar-refractivity contribution in [3.8, 4) is 17.3 Å². The quantitative estimate of drug-likeness (QED) is 0.652. The number of benzene rings is 2. The lowest BCUT2D eigenvalue weighted by Crippen LogP contribution is -1.93. The van der Waals surface area contributed by atoms with Gasteiger partial charge in [-0.15, -0.1) is 0 Å². The summed E-state index contributed by atoms with van der Waals surface area (Å²) in [5.74, 6) is 0. The summed E-state index contributed by atoms with van der Waals surface area (Å²) in [4.78, 5) is 4.81. The van der Waals surface area contributed by atoms with Gasteiger partial charge in [-0.2, -0.15) is 5.26 Å². The lowest BCUT2D eigenvalue weighted by molar-refractivity contribution is 1.12. The van der Waals surface area contributed by atoms with Crippen molar-refractivity contribution in [3.63, 3.8) is 0 Å². The number of hydrogen-bond donors (Lipinski definition) is 0. The normalized spacial score (nSPS) is 10.5. The smallest absolute Gasteiger partial charge is 0.0991 e. The van der Waals surface area contributed by atoms with Crippen molar-refractivity contribution in [2.75, 3.05) is 0 Å². The van der Waals surface area contributed by atoms with Gasteiger partial charge in [-0.1, -0.05) is 35.0 Å². The van der Waals surface area contributed by atoms with Gasteiger partial charge in [-0.3, -0.25) is 0 Å². The van der Waals surface area contributed by atoms with Gasteiger partial charge >= 0.3 is 0 Å². The zero-order valence-electron chi connectivity index (χ0n) is 11.6. The molecule has 0 atom stereocenters. The number of nitrogens with zero attached hydrogens (tertiary/aromatic N) is 2. The maximum Gasteiger partial charge on any atom is 0.0991 e. The van der Waals surface area contributed by atoms with E-state index in [0.717, 1.165) is 33.1 Å². The summed E-state index contributed by atoms with van der Waals surface area (Å²) in [6, 6.07) is 18.0. The Hall–Kier alpha value is -2.18. The molecular weight excluding hydrogens is 324 g/mol. The van der Waals surface area contributed by atoms with Crippen molar-refractivity contribution >= 4 is 26.8 Å². The monoisotopic (exact) mass is 336 g/mol. The molecule has 102 valence electrons. The van der Waals surface area contributed by atoms with E-state index >= 15 is 0 Å². The first-order valence-electron chi connectivity index (χ1n) is 6.81. The molecule has 0 unspecified atom stereocenters. The molecule has 2 nitrogen and oxygen atoms in total. The average molecular weight is 337 g/mol. The molecule has 0 spiro atoms. The highest BCUT2D eigenvalue weighted by Crippen LogP contribution is 2.28. The standard InChI is InChI=1S/C18H13BrN2/c1-2-13-9-15-10-16(19)7-8-17(15)21-18(13)14-5-3-12(11-20)4-6-14/h3-10H,2H2,1H3. The van der Waals surface area contributed by atoms with Gasteiger partial charge in [-0.05, 0) is 48.4 Å². The van der Waals surface area contributed by atoms with Crippen LogP contribution in [0.1, 0.15) is 18.1 Å². The van der Waals surface area contributed by atoms with E-state index in [1.807, 2.05) is 36.4 Å². The third-order valence-corrected chi connectivity index (χ3v) is 4.02. The Morgan fingerprint density at radius 2 is 1.86 bits per heavy atom. The fraction of sp³-hybridized carbons (Fsp3) is 0.111. The molecule has 0 N–H and O–H groups in total. The molecule has 1 aromatic heterocycles. The van der Waals surface area contributed by atoms with Gasteiger partial charge in [0.1, 0.15) is 0 Å². The molecule has 0 bridgehead atoms. The molecule has 0 saturated carbocycles. The van der Waals surface area contributed by atoms with E-state index in [-0.39, 0.29) is 0 Å². The minimum Gasteiger partial charge on any atom is -0.248 e. The molecule has 0 aliphatic carbocycles. The van der Waals surface area contributed by atoms with E-state index in [2.05, 4.69) is 41.1 Å². The second-order valence-corrected chi connectivity index (χ2v) is 5.79. The van der Waals surface area contributed by atoms with E-state index in [4.69, 9.17) is 10.2 Å². The van der Waals surface area contributed by atoms with Crippen molar-refractivity contribution < 1.29 is 0 Å². The summed E-state index contributed by atoms with van der Waals surface area (Å²) >= 11 is 3.50. The molecule has 0 fully saturated rings. The van der Waals surface area contributed by atoms with Gasteiger partial charge in [0.15, 0.2) is 0 Å². The Kier molecular flexibility index (Phi) is 3.72. The molecule has 3 aromatic rings. The maximum absolute atomic E-state index is 8.90. The van der Waals surface area contributed by atoms with Gasteiger partial charge in [0.05, 0.1) is 22.8 Å². The zero-order valence-corrected chi connectivity index (χ0v) is 13.2. The minimum atomic E-state index is 0.668. The van der Waals surface area contributed by atoms with Gasteiger partial charge in [0.25, 0.3) is 0 Å². The van der Waals surface area contributed by atoms with Crippen LogP contribution in [0.5, 0.6) is 0 Å². The molecule has 3 rings (SSSR count). The Labute approximate surface area is 132 Å². The summed E-state index contributed by atoms with van der Waals surface area (Å²) in [6.45, 7) is 2.13. The lowest BCUT2D eigenvalue weighted by Gasteiger charge is -2.10. The van der Waals surface area contributed by atoms with Crippen molar-refractivity contribution in [1.82, 2.24) is 4.98 Å². The summed E-state index contributed by atoms with van der Waals surface area (Å²) in [5.41, 5.74) is 4.91. The number of hydrogen-bond acceptors (Lipinski definition) is 2. The van der Waals surface area contributed by atoms with Crippen LogP contribution in [-0.2, 0) is 6.42 Å². The largest absolute Gasteiger partial charge is 0.248 e. The SMILES string of the molecule is CCc1cc2cc(Br)ccc2nc1-c1ccc(C#N)cc1. The van der Waals surface area contributed by atoms with E-state index in [9.17, 15) is 0 Å². The summed E-state index contributed by atoms with van der Waals surface area (Å²) < 4.78 is 1.06. The first-order chi connectivity index (χ1) is 10.2. The van der Waals surface area contributed by atoms with E-state index in [1.165, 1.54) is 5.56 Å². The zero-order chi connectivity index (χ0) is 14.8. The van der Waals surface area contributed by atoms with Crippen LogP contribution in [0.3, 0.4) is 0 Å². The van der Waals surface area contributed by atoms with E-state index in [1.54, 1.807) is 0 Å². The third kappa shape index (κ3) is 2.68. The predicted octanol–water partition coefficient (Wildman–Crippen LogP) is 5.10. The van der Waals surface area contributed by atoms with E-state index < -0.39 is 0 Å². The molecular formula is C18H13BrN2. The second kappa shape index (κ2) is 5.67. The summed E-state index contributed by atoms with van der Waals surface area (Å²) in [5, 5.41) is 10.0. The number of aromatic nitrogens is 1. The summed E-state index contributed by atoms with van der Waals surface area (Å²) in [7, 11) is 0. The number of halogens is 1. The molecule has 2 aromatic carbocycles. The Morgan fingerprint density at radius 3 is 2.52 bits per heavy atom. The maximum atomic E-state index is 8.90. The van der Waals surface area contributed by atoms with Crippen LogP contribution in [0.2, 0.25) is 0 Å². The van der Waals surface area contributed by atoms with Crippen molar-refractivity contribution in [3.05, 3.63) is 64.1 Å². The molecule has 0 saturated heterocycles. The number of aryl methyl sites for hydroxylation is 1. The van der Waals surface area contributed by atoms with Crippen LogP contribution in [0, 0.1) is 11.3 Å². The number of fused-ring (bicyclic) bond motifs is 1. The van der Waals surface area contributed by atoms with Crippen LogP contribution in [0.4, 0.5) is 0 Å². The molecule has 0 amide bonds. The fourth-order valence-electron chi connectivity index (χ4n) is 2.41. The van der Waals surface area contributed by atoms with E-state index in [0.29, 0.717) is 5.56 Å². The predicted molar refractivity (Wildman–Crippen MR) is 89.0 cm³/mol. The highest BCUT2D eigenvalue weighted by atomic mass is 79.9. The Morgan fingerprint density at radius 1 is 1.10 bits per heavy atom. The van der Waals surface area contributed by atoms with Crippen LogP contribution >= 0.6 is 15.9 Å². The van der Waals surface area contributed by atoms with Gasteiger partial charge in [-0.25, -0.2) is 4.98 Å². The molecule has 3 heteroatoms. The third-order valence-electron chi connectivity index (χ3n) is 3.52. The first-order valence-corrected chi connectivity index (χ1v) is 7.60. The van der Waals surface area contributed by atoms with Gasteiger partial charge < -0.3 is 0 Å². The Bertz CT molecular complexity index is 845. The molecule has 21 heavy (non-hydrogen) atoms. The summed E-state index contributed by atoms with van der Waals surface area (Å²) in [6.07, 6.45) is 0.921. The number of rotatable bonds is 2. The topological polar surface area (TPSA) is 36.7 Å². The van der Waals surface area contributed by atoms with Crippen molar-refractivity contribution in [1.29, 1.82) is 5.26 Å². The van der Waals surface area contributed by atoms with Crippen LogP contribution < -0.4 is 0 Å². The second-order valence-electron chi connectivity index (χ2n) is 4.88. The lowest BCUT2D eigenvalue weighted by atomic mass is 10.0. The molecule has 1 heterocycles. The first kappa shape index (κ1) is 13.8.